The van der Waals surface area contributed by atoms with Crippen LogP contribution in [0.25, 0.3) is 10.9 Å². The molecule has 0 spiro atoms. The Morgan fingerprint density at radius 1 is 1.18 bits per heavy atom. The lowest BCUT2D eigenvalue weighted by Gasteiger charge is -2.36. The van der Waals surface area contributed by atoms with Crippen molar-refractivity contribution in [2.75, 3.05) is 63.1 Å². The second-order valence-corrected chi connectivity index (χ2v) is 8.82. The number of ketones is 1. The third-order valence-corrected chi connectivity index (χ3v) is 6.62. The first-order valence-corrected chi connectivity index (χ1v) is 11.7. The fourth-order valence-electron chi connectivity index (χ4n) is 4.63. The van der Waals surface area contributed by atoms with Crippen molar-refractivity contribution in [3.63, 3.8) is 0 Å². The van der Waals surface area contributed by atoms with Gasteiger partial charge in [0.25, 0.3) is 0 Å². The van der Waals surface area contributed by atoms with Gasteiger partial charge in [0.15, 0.2) is 11.4 Å². The highest BCUT2D eigenvalue weighted by Crippen LogP contribution is 2.34. The molecule has 8 heteroatoms. The minimum atomic E-state index is -1.14. The molecule has 1 aromatic heterocycles. The van der Waals surface area contributed by atoms with E-state index in [-0.39, 0.29) is 5.78 Å². The van der Waals surface area contributed by atoms with Crippen LogP contribution < -0.4 is 15.5 Å². The van der Waals surface area contributed by atoms with Crippen molar-refractivity contribution >= 4 is 34.0 Å². The Hall–Kier alpha value is -3.33. The van der Waals surface area contributed by atoms with E-state index in [0.717, 1.165) is 42.8 Å². The van der Waals surface area contributed by atoms with Crippen LogP contribution in [0.1, 0.15) is 5.56 Å². The molecular weight excluding hydrogens is 428 g/mol. The summed E-state index contributed by atoms with van der Waals surface area (Å²) in [5.41, 5.74) is 2.38. The first kappa shape index (κ1) is 22.5. The molecule has 0 amide bonds. The molecule has 0 aliphatic carbocycles. The van der Waals surface area contributed by atoms with Crippen LogP contribution >= 0.6 is 0 Å². The average molecular weight is 459 g/mol. The first-order chi connectivity index (χ1) is 16.6. The smallest absolute Gasteiger partial charge is 0.227 e. The molecule has 3 aromatic rings. The summed E-state index contributed by atoms with van der Waals surface area (Å²) in [6.07, 6.45) is 3.10. The summed E-state index contributed by atoms with van der Waals surface area (Å²) in [4.78, 5) is 27.0. The fraction of sp³-hybridized carbons (Fsp3) is 0.346. The van der Waals surface area contributed by atoms with E-state index in [0.29, 0.717) is 31.2 Å². The third-order valence-electron chi connectivity index (χ3n) is 6.62. The van der Waals surface area contributed by atoms with E-state index in [2.05, 4.69) is 51.2 Å². The molecule has 2 N–H and O–H groups in total. The molecule has 2 aliphatic rings. The van der Waals surface area contributed by atoms with Gasteiger partial charge in [0.1, 0.15) is 0 Å². The standard InChI is InChI=1S/C26H30N6O2/c1-3-23(33)26(18-27-11-16-34-26)22-6-4-5-19-17-28-25(30-24(19)22)29-20-7-9-21(10-8-20)32-14-12-31(2)13-15-32/h3-10,17,27H,1,11-16,18H2,2H3,(H,28,29,30)/t26-/m1/s1. The maximum atomic E-state index is 12.9. The quantitative estimate of drug-likeness (QED) is 0.546. The lowest BCUT2D eigenvalue weighted by molar-refractivity contribution is -0.144. The zero-order chi connectivity index (χ0) is 23.5. The zero-order valence-corrected chi connectivity index (χ0v) is 19.5. The molecule has 34 heavy (non-hydrogen) atoms. The number of benzene rings is 2. The molecule has 0 unspecified atom stereocenters. The summed E-state index contributed by atoms with van der Waals surface area (Å²) in [6, 6.07) is 14.1. The minimum absolute atomic E-state index is 0.181. The van der Waals surface area contributed by atoms with E-state index >= 15 is 0 Å². The fourth-order valence-corrected chi connectivity index (χ4v) is 4.63. The number of morpholine rings is 1. The number of nitrogens with one attached hydrogen (secondary N) is 2. The molecule has 0 saturated carbocycles. The van der Waals surface area contributed by atoms with Gasteiger partial charge in [-0.05, 0) is 37.4 Å². The van der Waals surface area contributed by atoms with Gasteiger partial charge in [-0.1, -0.05) is 24.8 Å². The number of ether oxygens (including phenoxy) is 1. The van der Waals surface area contributed by atoms with Crippen molar-refractivity contribution in [1.29, 1.82) is 0 Å². The number of carbonyl (C=O) groups is 1. The van der Waals surface area contributed by atoms with Crippen LogP contribution in [-0.2, 0) is 15.1 Å². The van der Waals surface area contributed by atoms with Gasteiger partial charge in [0.05, 0.1) is 12.1 Å². The van der Waals surface area contributed by atoms with Crippen LogP contribution in [-0.4, -0.2) is 73.6 Å². The maximum absolute atomic E-state index is 12.9. The lowest BCUT2D eigenvalue weighted by Crippen LogP contribution is -2.52. The van der Waals surface area contributed by atoms with Crippen LogP contribution in [0.15, 0.2) is 61.3 Å². The molecule has 0 radical (unpaired) electrons. The number of aromatic nitrogens is 2. The van der Waals surface area contributed by atoms with Crippen LogP contribution in [0.2, 0.25) is 0 Å². The number of para-hydroxylation sites is 1. The molecule has 1 atom stereocenters. The number of anilines is 3. The molecule has 176 valence electrons. The molecule has 2 aromatic carbocycles. The number of likely N-dealkylation sites (N-methyl/N-ethyl adjacent to an activating group) is 1. The Balaban J connectivity index is 1.43. The van der Waals surface area contributed by atoms with E-state index in [4.69, 9.17) is 9.72 Å². The normalized spacial score (nSPS) is 21.4. The largest absolute Gasteiger partial charge is 0.369 e. The van der Waals surface area contributed by atoms with Gasteiger partial charge < -0.3 is 25.2 Å². The SMILES string of the molecule is C=CC(=O)[C@]1(c2cccc3cnc(Nc4ccc(N5CCN(C)CC5)cc4)nc23)CNCCO1. The van der Waals surface area contributed by atoms with Crippen molar-refractivity contribution in [2.24, 2.45) is 0 Å². The van der Waals surface area contributed by atoms with Crippen molar-refractivity contribution in [3.8, 4) is 0 Å². The second-order valence-electron chi connectivity index (χ2n) is 8.82. The Kier molecular flexibility index (Phi) is 6.28. The van der Waals surface area contributed by atoms with Crippen molar-refractivity contribution in [3.05, 3.63) is 66.9 Å². The summed E-state index contributed by atoms with van der Waals surface area (Å²) in [7, 11) is 2.16. The van der Waals surface area contributed by atoms with Crippen LogP contribution in [0.4, 0.5) is 17.3 Å². The van der Waals surface area contributed by atoms with Crippen molar-refractivity contribution in [1.82, 2.24) is 20.2 Å². The van der Waals surface area contributed by atoms with Gasteiger partial charge >= 0.3 is 0 Å². The van der Waals surface area contributed by atoms with E-state index in [1.165, 1.54) is 11.8 Å². The Morgan fingerprint density at radius 3 is 2.68 bits per heavy atom. The molecule has 2 saturated heterocycles. The van der Waals surface area contributed by atoms with Crippen LogP contribution in [0.3, 0.4) is 0 Å². The summed E-state index contributed by atoms with van der Waals surface area (Å²) >= 11 is 0. The van der Waals surface area contributed by atoms with Gasteiger partial charge in [-0.3, -0.25) is 4.79 Å². The maximum Gasteiger partial charge on any atom is 0.227 e. The number of piperazine rings is 1. The Labute approximate surface area is 199 Å². The monoisotopic (exact) mass is 458 g/mol. The number of hydrogen-bond donors (Lipinski definition) is 2. The van der Waals surface area contributed by atoms with Crippen molar-refractivity contribution < 1.29 is 9.53 Å². The first-order valence-electron chi connectivity index (χ1n) is 11.7. The predicted molar refractivity (Wildman–Crippen MR) is 135 cm³/mol. The summed E-state index contributed by atoms with van der Waals surface area (Å²) in [5, 5.41) is 7.44. The lowest BCUT2D eigenvalue weighted by atomic mass is 9.86. The molecule has 5 rings (SSSR count). The predicted octanol–water partition coefficient (Wildman–Crippen LogP) is 2.70. The second kappa shape index (κ2) is 9.50. The number of carbonyl (C=O) groups excluding carboxylic acids is 1. The number of hydrogen-bond acceptors (Lipinski definition) is 8. The van der Waals surface area contributed by atoms with E-state index in [1.54, 1.807) is 6.20 Å². The van der Waals surface area contributed by atoms with Gasteiger partial charge in [0.2, 0.25) is 5.95 Å². The van der Waals surface area contributed by atoms with Gasteiger partial charge in [-0.15, -0.1) is 0 Å². The van der Waals surface area contributed by atoms with Gasteiger partial charge in [0, 0.05) is 67.8 Å². The highest BCUT2D eigenvalue weighted by molar-refractivity contribution is 6.01. The summed E-state index contributed by atoms with van der Waals surface area (Å²) in [5.74, 6) is 0.289. The summed E-state index contributed by atoms with van der Waals surface area (Å²) < 4.78 is 6.08. The summed E-state index contributed by atoms with van der Waals surface area (Å²) in [6.45, 7) is 9.41. The number of fused-ring (bicyclic) bond motifs is 1. The van der Waals surface area contributed by atoms with Gasteiger partial charge in [-0.2, -0.15) is 0 Å². The highest BCUT2D eigenvalue weighted by Gasteiger charge is 2.42. The van der Waals surface area contributed by atoms with E-state index in [9.17, 15) is 4.79 Å². The minimum Gasteiger partial charge on any atom is -0.369 e. The van der Waals surface area contributed by atoms with E-state index < -0.39 is 5.60 Å². The molecule has 8 nitrogen and oxygen atoms in total. The highest BCUT2D eigenvalue weighted by atomic mass is 16.5. The zero-order valence-electron chi connectivity index (χ0n) is 19.5. The molecule has 2 aliphatic heterocycles. The number of rotatable bonds is 6. The third kappa shape index (κ3) is 4.27. The molecule has 0 bridgehead atoms. The van der Waals surface area contributed by atoms with Crippen LogP contribution in [0.5, 0.6) is 0 Å². The van der Waals surface area contributed by atoms with Crippen LogP contribution in [0, 0.1) is 0 Å². The Morgan fingerprint density at radius 2 is 1.97 bits per heavy atom. The molecule has 2 fully saturated rings. The molecule has 3 heterocycles. The number of nitrogens with zero attached hydrogens (tertiary/aromatic N) is 4. The average Bonchev–Trinajstić information content (AvgIpc) is 2.89. The molecular formula is C26H30N6O2. The van der Waals surface area contributed by atoms with E-state index in [1.807, 2.05) is 30.3 Å². The Bertz CT molecular complexity index is 1180. The van der Waals surface area contributed by atoms with Crippen molar-refractivity contribution in [2.45, 2.75) is 5.60 Å². The topological polar surface area (TPSA) is 82.6 Å². The van der Waals surface area contributed by atoms with Gasteiger partial charge in [-0.25, -0.2) is 9.97 Å².